The second kappa shape index (κ2) is 7.22. The van der Waals surface area contributed by atoms with Gasteiger partial charge in [-0.2, -0.15) is 4.31 Å². The van der Waals surface area contributed by atoms with E-state index in [1.807, 2.05) is 0 Å². The molecule has 0 bridgehead atoms. The number of amides is 2. The van der Waals surface area contributed by atoms with E-state index in [1.54, 1.807) is 23.6 Å². The van der Waals surface area contributed by atoms with Crippen LogP contribution in [0.5, 0.6) is 0 Å². The van der Waals surface area contributed by atoms with Gasteiger partial charge < -0.3 is 9.80 Å². The maximum absolute atomic E-state index is 12.1. The van der Waals surface area contributed by atoms with Crippen molar-refractivity contribution in [2.75, 3.05) is 39.0 Å². The van der Waals surface area contributed by atoms with Gasteiger partial charge in [0.15, 0.2) is 0 Å². The lowest BCUT2D eigenvalue weighted by Crippen LogP contribution is -2.50. The van der Waals surface area contributed by atoms with E-state index in [0.29, 0.717) is 26.2 Å². The van der Waals surface area contributed by atoms with Crippen molar-refractivity contribution in [1.82, 2.24) is 14.1 Å². The molecule has 0 aromatic heterocycles. The molecule has 0 aliphatic carbocycles. The Hall–Kier alpha value is -1.15. The van der Waals surface area contributed by atoms with E-state index in [9.17, 15) is 18.0 Å². The van der Waals surface area contributed by atoms with Crippen molar-refractivity contribution in [2.45, 2.75) is 33.2 Å². The topological polar surface area (TPSA) is 78.0 Å². The molecule has 0 atom stereocenters. The van der Waals surface area contributed by atoms with Crippen molar-refractivity contribution >= 4 is 21.8 Å². The fraction of sp³-hybridized carbons (Fsp3) is 0.846. The molecule has 8 heteroatoms. The molecule has 0 spiro atoms. The van der Waals surface area contributed by atoms with Gasteiger partial charge in [0.2, 0.25) is 21.8 Å². The number of carbonyl (C=O) groups excluding carboxylic acids is 2. The number of carbonyl (C=O) groups is 2. The van der Waals surface area contributed by atoms with E-state index in [-0.39, 0.29) is 30.8 Å². The van der Waals surface area contributed by atoms with Crippen LogP contribution < -0.4 is 0 Å². The van der Waals surface area contributed by atoms with Crippen LogP contribution in [0.2, 0.25) is 0 Å². The molecule has 1 aliphatic heterocycles. The molecule has 1 rings (SSSR count). The minimum absolute atomic E-state index is 0.0187. The maximum Gasteiger partial charge on any atom is 0.224 e. The summed E-state index contributed by atoms with van der Waals surface area (Å²) in [6.07, 6.45) is 1.33. The predicted octanol–water partition coefficient (Wildman–Crippen LogP) is -0.263. The van der Waals surface area contributed by atoms with Crippen LogP contribution in [-0.4, -0.2) is 79.4 Å². The van der Waals surface area contributed by atoms with Crippen LogP contribution >= 0.6 is 0 Å². The van der Waals surface area contributed by atoms with Crippen LogP contribution in [0.15, 0.2) is 0 Å². The van der Waals surface area contributed by atoms with E-state index in [1.165, 1.54) is 11.2 Å². The molecule has 1 saturated heterocycles. The summed E-state index contributed by atoms with van der Waals surface area (Å²) in [6.45, 7) is 7.40. The van der Waals surface area contributed by atoms with Gasteiger partial charge in [0.05, 0.1) is 6.26 Å². The van der Waals surface area contributed by atoms with Crippen LogP contribution in [-0.2, 0) is 19.6 Å². The average Bonchev–Trinajstić information content (AvgIpc) is 2.36. The number of hydrogen-bond donors (Lipinski definition) is 0. The van der Waals surface area contributed by atoms with Crippen molar-refractivity contribution in [2.24, 2.45) is 0 Å². The van der Waals surface area contributed by atoms with Crippen LogP contribution in [0.1, 0.15) is 27.2 Å². The average molecular weight is 319 g/mol. The van der Waals surface area contributed by atoms with Crippen LogP contribution in [0.3, 0.4) is 0 Å². The molecular weight excluding hydrogens is 294 g/mol. The molecule has 1 heterocycles. The summed E-state index contributed by atoms with van der Waals surface area (Å²) in [5.41, 5.74) is 0. The molecule has 0 saturated carbocycles. The second-order valence-corrected chi connectivity index (χ2v) is 7.54. The molecule has 0 unspecified atom stereocenters. The minimum atomic E-state index is -3.30. The van der Waals surface area contributed by atoms with E-state index >= 15 is 0 Å². The zero-order valence-corrected chi connectivity index (χ0v) is 14.0. The van der Waals surface area contributed by atoms with Gasteiger partial charge in [-0.1, -0.05) is 0 Å². The first-order chi connectivity index (χ1) is 9.62. The third-order valence-corrected chi connectivity index (χ3v) is 5.08. The smallest absolute Gasteiger partial charge is 0.224 e. The Morgan fingerprint density at radius 3 is 1.95 bits per heavy atom. The number of hydrogen-bond acceptors (Lipinski definition) is 4. The largest absolute Gasteiger partial charge is 0.339 e. The van der Waals surface area contributed by atoms with Crippen molar-refractivity contribution in [3.05, 3.63) is 0 Å². The van der Waals surface area contributed by atoms with Gasteiger partial charge in [-0.05, 0) is 13.8 Å². The fourth-order valence-corrected chi connectivity index (χ4v) is 3.63. The number of rotatable bonds is 5. The Kier molecular flexibility index (Phi) is 6.15. The number of nitrogens with zero attached hydrogens (tertiary/aromatic N) is 3. The predicted molar refractivity (Wildman–Crippen MR) is 80.1 cm³/mol. The van der Waals surface area contributed by atoms with Crippen molar-refractivity contribution in [1.29, 1.82) is 0 Å². The van der Waals surface area contributed by atoms with E-state index < -0.39 is 10.0 Å². The zero-order chi connectivity index (χ0) is 16.2. The summed E-state index contributed by atoms with van der Waals surface area (Å²) < 4.78 is 24.6. The first kappa shape index (κ1) is 17.9. The molecule has 7 nitrogen and oxygen atoms in total. The van der Waals surface area contributed by atoms with Crippen molar-refractivity contribution < 1.29 is 18.0 Å². The molecule has 0 radical (unpaired) electrons. The van der Waals surface area contributed by atoms with Crippen LogP contribution in [0.4, 0.5) is 0 Å². The highest BCUT2D eigenvalue weighted by Gasteiger charge is 2.25. The van der Waals surface area contributed by atoms with Crippen molar-refractivity contribution in [3.8, 4) is 0 Å². The van der Waals surface area contributed by atoms with Gasteiger partial charge in [0.25, 0.3) is 0 Å². The molecule has 0 aromatic carbocycles. The van der Waals surface area contributed by atoms with Gasteiger partial charge in [-0.3, -0.25) is 9.59 Å². The van der Waals surface area contributed by atoms with Gasteiger partial charge in [0.1, 0.15) is 0 Å². The first-order valence-electron chi connectivity index (χ1n) is 7.13. The lowest BCUT2D eigenvalue weighted by atomic mass is 10.2. The lowest BCUT2D eigenvalue weighted by molar-refractivity contribution is -0.138. The SMILES string of the molecule is CC(=O)N1CCN(C(=O)CCN(C(C)C)S(C)(=O)=O)CC1. The van der Waals surface area contributed by atoms with Gasteiger partial charge in [-0.25, -0.2) is 8.42 Å². The first-order valence-corrected chi connectivity index (χ1v) is 8.98. The summed E-state index contributed by atoms with van der Waals surface area (Å²) >= 11 is 0. The highest BCUT2D eigenvalue weighted by Crippen LogP contribution is 2.09. The third-order valence-electron chi connectivity index (χ3n) is 3.63. The van der Waals surface area contributed by atoms with Gasteiger partial charge in [-0.15, -0.1) is 0 Å². The van der Waals surface area contributed by atoms with Gasteiger partial charge >= 0.3 is 0 Å². The molecule has 1 aliphatic rings. The molecule has 2 amide bonds. The van der Waals surface area contributed by atoms with E-state index in [2.05, 4.69) is 0 Å². The maximum atomic E-state index is 12.1. The van der Waals surface area contributed by atoms with Crippen LogP contribution in [0, 0.1) is 0 Å². The molecule has 122 valence electrons. The van der Waals surface area contributed by atoms with E-state index in [4.69, 9.17) is 0 Å². The number of piperazine rings is 1. The summed E-state index contributed by atoms with van der Waals surface area (Å²) in [6, 6.07) is -0.164. The Morgan fingerprint density at radius 2 is 1.57 bits per heavy atom. The highest BCUT2D eigenvalue weighted by atomic mass is 32.2. The van der Waals surface area contributed by atoms with Gasteiger partial charge in [0, 0.05) is 52.1 Å². The van der Waals surface area contributed by atoms with E-state index in [0.717, 1.165) is 6.26 Å². The molecule has 0 aromatic rings. The monoisotopic (exact) mass is 319 g/mol. The highest BCUT2D eigenvalue weighted by molar-refractivity contribution is 7.88. The Labute approximate surface area is 126 Å². The fourth-order valence-electron chi connectivity index (χ4n) is 2.44. The molecule has 0 N–H and O–H groups in total. The summed E-state index contributed by atoms with van der Waals surface area (Å²) in [7, 11) is -3.30. The van der Waals surface area contributed by atoms with Crippen LogP contribution in [0.25, 0.3) is 0 Å². The Balaban J connectivity index is 2.49. The molecule has 1 fully saturated rings. The van der Waals surface area contributed by atoms with Crippen molar-refractivity contribution in [3.63, 3.8) is 0 Å². The summed E-state index contributed by atoms with van der Waals surface area (Å²) in [5.74, 6) is -0.0438. The normalized spacial score (nSPS) is 16.7. The zero-order valence-electron chi connectivity index (χ0n) is 13.2. The number of sulfonamides is 1. The second-order valence-electron chi connectivity index (χ2n) is 5.60. The molecular formula is C13H25N3O4S. The summed E-state index contributed by atoms with van der Waals surface area (Å²) in [4.78, 5) is 26.8. The standard InChI is InChI=1S/C13H25N3O4S/c1-11(2)16(21(4,19)20)6-5-13(18)15-9-7-14(8-10-15)12(3)17/h11H,5-10H2,1-4H3. The third kappa shape index (κ3) is 5.28. The Bertz CT molecular complexity index is 482. The summed E-state index contributed by atoms with van der Waals surface area (Å²) in [5, 5.41) is 0. The quantitative estimate of drug-likeness (QED) is 0.699. The Morgan fingerprint density at radius 1 is 1.10 bits per heavy atom. The molecule has 21 heavy (non-hydrogen) atoms. The lowest BCUT2D eigenvalue weighted by Gasteiger charge is -2.34. The minimum Gasteiger partial charge on any atom is -0.339 e.